The van der Waals surface area contributed by atoms with Crippen LogP contribution in [0.1, 0.15) is 53.3 Å². The zero-order valence-electron chi connectivity index (χ0n) is 17.3. The van der Waals surface area contributed by atoms with Crippen molar-refractivity contribution < 1.29 is 14.3 Å². The van der Waals surface area contributed by atoms with Gasteiger partial charge in [-0.1, -0.05) is 18.2 Å². The summed E-state index contributed by atoms with van der Waals surface area (Å²) in [5.74, 6) is -0.194. The summed E-state index contributed by atoms with van der Waals surface area (Å²) >= 11 is 0. The second-order valence-corrected chi connectivity index (χ2v) is 7.06. The number of hydrogen-bond acceptors (Lipinski definition) is 3. The number of ketones is 1. The third-order valence-corrected chi connectivity index (χ3v) is 5.47. The second kappa shape index (κ2) is 8.05. The van der Waals surface area contributed by atoms with Crippen LogP contribution < -0.4 is 0 Å². The number of nitrogens with zero attached hydrogens (tertiary/aromatic N) is 2. The van der Waals surface area contributed by atoms with Crippen LogP contribution in [0.5, 0.6) is 0 Å². The second-order valence-electron chi connectivity index (χ2n) is 7.06. The number of aromatic nitrogens is 2. The molecule has 2 aromatic heterocycles. The van der Waals surface area contributed by atoms with E-state index in [1.165, 1.54) is 0 Å². The van der Waals surface area contributed by atoms with Crippen LogP contribution in [0.2, 0.25) is 0 Å². The lowest BCUT2D eigenvalue weighted by Gasteiger charge is -2.10. The van der Waals surface area contributed by atoms with Crippen LogP contribution in [0.15, 0.2) is 30.3 Å². The van der Waals surface area contributed by atoms with Gasteiger partial charge in [-0.05, 0) is 52.3 Å². The van der Waals surface area contributed by atoms with Crippen LogP contribution in [0.4, 0.5) is 0 Å². The first-order chi connectivity index (χ1) is 13.4. The molecule has 0 fully saturated rings. The summed E-state index contributed by atoms with van der Waals surface area (Å²) in [5.41, 5.74) is 5.52. The third-order valence-electron chi connectivity index (χ3n) is 5.47. The Kier molecular flexibility index (Phi) is 5.73. The lowest BCUT2D eigenvalue weighted by atomic mass is 10.0. The third kappa shape index (κ3) is 3.37. The molecule has 0 saturated carbocycles. The van der Waals surface area contributed by atoms with E-state index in [-0.39, 0.29) is 18.2 Å². The molecule has 3 rings (SSSR count). The van der Waals surface area contributed by atoms with Gasteiger partial charge in [0.2, 0.25) is 5.78 Å². The molecular formula is C23H28N2O3. The summed E-state index contributed by atoms with van der Waals surface area (Å²) in [4.78, 5) is 25.4. The highest BCUT2D eigenvalue weighted by Crippen LogP contribution is 2.29. The summed E-state index contributed by atoms with van der Waals surface area (Å²) in [6.45, 7) is 11.5. The average molecular weight is 380 g/mol. The molecule has 2 heterocycles. The number of carbonyl (C=O) groups is 2. The first-order valence-corrected chi connectivity index (χ1v) is 9.85. The molecule has 0 atom stereocenters. The van der Waals surface area contributed by atoms with Gasteiger partial charge >= 0.3 is 5.97 Å². The molecule has 0 radical (unpaired) electrons. The van der Waals surface area contributed by atoms with Gasteiger partial charge in [-0.2, -0.15) is 0 Å². The van der Waals surface area contributed by atoms with E-state index < -0.39 is 0 Å². The van der Waals surface area contributed by atoms with Crippen LogP contribution in [0.25, 0.3) is 10.9 Å². The SMILES string of the molecule is CCOC(=O)CCn1c(C)c(C(=O)c2cc(C)c(C)n2CC)c2ccccc21. The molecule has 3 aromatic rings. The maximum absolute atomic E-state index is 13.6. The van der Waals surface area contributed by atoms with E-state index in [0.717, 1.165) is 34.4 Å². The Labute approximate surface area is 165 Å². The van der Waals surface area contributed by atoms with Crippen LogP contribution in [-0.2, 0) is 22.6 Å². The van der Waals surface area contributed by atoms with Crippen LogP contribution in [0, 0.1) is 20.8 Å². The molecule has 0 saturated heterocycles. The fourth-order valence-electron chi connectivity index (χ4n) is 3.95. The predicted molar refractivity (Wildman–Crippen MR) is 111 cm³/mol. The Hall–Kier alpha value is -2.82. The molecule has 148 valence electrons. The summed E-state index contributed by atoms with van der Waals surface area (Å²) in [6, 6.07) is 9.86. The number of rotatable bonds is 7. The van der Waals surface area contributed by atoms with Crippen LogP contribution >= 0.6 is 0 Å². The van der Waals surface area contributed by atoms with Gasteiger partial charge in [0.25, 0.3) is 0 Å². The fraction of sp³-hybridized carbons (Fsp3) is 0.391. The monoisotopic (exact) mass is 380 g/mol. The molecular weight excluding hydrogens is 352 g/mol. The maximum atomic E-state index is 13.6. The summed E-state index contributed by atoms with van der Waals surface area (Å²) in [5, 5.41) is 0.924. The Morgan fingerprint density at radius 2 is 1.71 bits per heavy atom. The lowest BCUT2D eigenvalue weighted by Crippen LogP contribution is -2.13. The van der Waals surface area contributed by atoms with Gasteiger partial charge in [0.15, 0.2) is 0 Å². The molecule has 0 aliphatic rings. The van der Waals surface area contributed by atoms with Crippen molar-refractivity contribution in [2.75, 3.05) is 6.61 Å². The van der Waals surface area contributed by atoms with E-state index in [2.05, 4.69) is 16.1 Å². The van der Waals surface area contributed by atoms with E-state index in [1.54, 1.807) is 6.92 Å². The van der Waals surface area contributed by atoms with Gasteiger partial charge in [-0.15, -0.1) is 0 Å². The fourth-order valence-corrected chi connectivity index (χ4v) is 3.95. The van der Waals surface area contributed by atoms with Gasteiger partial charge in [-0.25, -0.2) is 0 Å². The highest BCUT2D eigenvalue weighted by Gasteiger charge is 2.24. The minimum absolute atomic E-state index is 0.0293. The molecule has 0 aliphatic carbocycles. The normalized spacial score (nSPS) is 11.2. The van der Waals surface area contributed by atoms with Gasteiger partial charge in [0.1, 0.15) is 0 Å². The zero-order chi connectivity index (χ0) is 20.4. The molecule has 28 heavy (non-hydrogen) atoms. The van der Waals surface area contributed by atoms with Crippen molar-refractivity contribution in [3.05, 3.63) is 58.5 Å². The minimum atomic E-state index is -0.223. The largest absolute Gasteiger partial charge is 0.466 e. The Morgan fingerprint density at radius 1 is 1.00 bits per heavy atom. The Bertz CT molecular complexity index is 1040. The van der Waals surface area contributed by atoms with E-state index in [0.29, 0.717) is 24.4 Å². The van der Waals surface area contributed by atoms with Crippen molar-refractivity contribution in [1.82, 2.24) is 9.13 Å². The number of benzene rings is 1. The minimum Gasteiger partial charge on any atom is -0.466 e. The van der Waals surface area contributed by atoms with Crippen LogP contribution in [0.3, 0.4) is 0 Å². The summed E-state index contributed by atoms with van der Waals surface area (Å²) in [6.07, 6.45) is 0.282. The van der Waals surface area contributed by atoms with Crippen LogP contribution in [-0.4, -0.2) is 27.5 Å². The number of fused-ring (bicyclic) bond motifs is 1. The van der Waals surface area contributed by atoms with E-state index in [1.807, 2.05) is 51.1 Å². The highest BCUT2D eigenvalue weighted by molar-refractivity contribution is 6.17. The first kappa shape index (κ1) is 19.9. The van der Waals surface area contributed by atoms with Gasteiger partial charge in [0, 0.05) is 35.4 Å². The molecule has 5 nitrogen and oxygen atoms in total. The lowest BCUT2D eigenvalue weighted by molar-refractivity contribution is -0.143. The van der Waals surface area contributed by atoms with Crippen molar-refractivity contribution in [3.8, 4) is 0 Å². The van der Waals surface area contributed by atoms with Gasteiger partial charge < -0.3 is 13.9 Å². The van der Waals surface area contributed by atoms with E-state index in [9.17, 15) is 9.59 Å². The topological polar surface area (TPSA) is 53.2 Å². The molecule has 0 bridgehead atoms. The van der Waals surface area contributed by atoms with Crippen molar-refractivity contribution in [2.45, 2.75) is 54.1 Å². The number of esters is 1. The smallest absolute Gasteiger partial charge is 0.307 e. The van der Waals surface area contributed by atoms with Crippen molar-refractivity contribution in [1.29, 1.82) is 0 Å². The number of para-hydroxylation sites is 1. The van der Waals surface area contributed by atoms with Crippen molar-refractivity contribution in [3.63, 3.8) is 0 Å². The molecule has 0 spiro atoms. The zero-order valence-corrected chi connectivity index (χ0v) is 17.3. The average Bonchev–Trinajstić information content (AvgIpc) is 3.13. The molecule has 5 heteroatoms. The molecule has 1 aromatic carbocycles. The van der Waals surface area contributed by atoms with Gasteiger partial charge in [0.05, 0.1) is 24.3 Å². The highest BCUT2D eigenvalue weighted by atomic mass is 16.5. The van der Waals surface area contributed by atoms with E-state index in [4.69, 9.17) is 4.74 Å². The Morgan fingerprint density at radius 3 is 2.39 bits per heavy atom. The number of aryl methyl sites for hydroxylation is 2. The number of hydrogen-bond donors (Lipinski definition) is 0. The predicted octanol–water partition coefficient (Wildman–Crippen LogP) is 4.57. The van der Waals surface area contributed by atoms with Gasteiger partial charge in [-0.3, -0.25) is 9.59 Å². The molecule has 0 amide bonds. The summed E-state index contributed by atoms with van der Waals surface area (Å²) in [7, 11) is 0. The molecule has 0 N–H and O–H groups in total. The Balaban J connectivity index is 2.09. The molecule has 0 aliphatic heterocycles. The quantitative estimate of drug-likeness (QED) is 0.446. The number of carbonyl (C=O) groups excluding carboxylic acids is 2. The number of ether oxygens (including phenoxy) is 1. The molecule has 0 unspecified atom stereocenters. The first-order valence-electron chi connectivity index (χ1n) is 9.85. The van der Waals surface area contributed by atoms with E-state index >= 15 is 0 Å². The summed E-state index contributed by atoms with van der Waals surface area (Å²) < 4.78 is 9.19. The van der Waals surface area contributed by atoms with Crippen molar-refractivity contribution >= 4 is 22.7 Å². The van der Waals surface area contributed by atoms with Crippen molar-refractivity contribution in [2.24, 2.45) is 0 Å². The standard InChI is InChI=1S/C23H28N2O3/c1-6-24-16(4)15(3)14-20(24)23(27)22-17(5)25(13-12-21(26)28-7-2)19-11-9-8-10-18(19)22/h8-11,14H,6-7,12-13H2,1-5H3. The maximum Gasteiger partial charge on any atom is 0.307 e.